The number of rotatable bonds is 7. The van der Waals surface area contributed by atoms with Crippen molar-refractivity contribution in [1.82, 2.24) is 15.3 Å². The smallest absolute Gasteiger partial charge is 0.329 e. The molecule has 2 N–H and O–H groups in total. The number of azide groups is 1. The zero-order valence-corrected chi connectivity index (χ0v) is 9.94. The summed E-state index contributed by atoms with van der Waals surface area (Å²) >= 11 is 0. The Morgan fingerprint density at radius 2 is 2.44 bits per heavy atom. The molecule has 8 nitrogen and oxygen atoms in total. The summed E-state index contributed by atoms with van der Waals surface area (Å²) in [6.07, 6.45) is 4.88. The largest absolute Gasteiger partial charge is 0.480 e. The number of carboxylic acid groups (broad SMARTS) is 1. The molecule has 1 aromatic heterocycles. The van der Waals surface area contributed by atoms with E-state index in [9.17, 15) is 9.90 Å². The molecule has 0 saturated heterocycles. The molecule has 0 saturated carbocycles. The van der Waals surface area contributed by atoms with Crippen molar-refractivity contribution in [3.05, 3.63) is 34.7 Å². The Kier molecular flexibility index (Phi) is 5.04. The zero-order valence-electron chi connectivity index (χ0n) is 9.94. The quantitative estimate of drug-likeness (QED) is 0.324. The van der Waals surface area contributed by atoms with E-state index >= 15 is 0 Å². The number of hydrogen-bond donors (Lipinski definition) is 2. The van der Waals surface area contributed by atoms with Crippen LogP contribution in [0.1, 0.15) is 19.0 Å². The SMILES string of the molecule is CC(NCCCN=[N+]=[N-])(C(=O)O)c1cnccn1. The van der Waals surface area contributed by atoms with E-state index in [-0.39, 0.29) is 0 Å². The molecule has 0 amide bonds. The second-order valence-electron chi connectivity index (χ2n) is 3.76. The fourth-order valence-electron chi connectivity index (χ4n) is 1.37. The van der Waals surface area contributed by atoms with Gasteiger partial charge in [0.15, 0.2) is 5.54 Å². The first-order valence-corrected chi connectivity index (χ1v) is 5.37. The highest BCUT2D eigenvalue weighted by Gasteiger charge is 2.36. The average molecular weight is 250 g/mol. The van der Waals surface area contributed by atoms with Gasteiger partial charge in [-0.15, -0.1) is 0 Å². The maximum Gasteiger partial charge on any atom is 0.329 e. The molecule has 1 unspecified atom stereocenters. The van der Waals surface area contributed by atoms with Gasteiger partial charge in [-0.05, 0) is 25.4 Å². The lowest BCUT2D eigenvalue weighted by atomic mass is 9.98. The summed E-state index contributed by atoms with van der Waals surface area (Å²) in [6, 6.07) is 0. The first-order chi connectivity index (χ1) is 8.61. The van der Waals surface area contributed by atoms with Crippen LogP contribution >= 0.6 is 0 Å². The van der Waals surface area contributed by atoms with E-state index in [1.54, 1.807) is 0 Å². The van der Waals surface area contributed by atoms with Crippen LogP contribution in [0.3, 0.4) is 0 Å². The molecule has 1 heterocycles. The summed E-state index contributed by atoms with van der Waals surface area (Å²) in [5, 5.41) is 15.5. The van der Waals surface area contributed by atoms with E-state index in [0.29, 0.717) is 25.2 Å². The molecule has 0 bridgehead atoms. The van der Waals surface area contributed by atoms with Crippen molar-refractivity contribution < 1.29 is 9.90 Å². The number of aliphatic carboxylic acids is 1. The Morgan fingerprint density at radius 3 is 3.00 bits per heavy atom. The van der Waals surface area contributed by atoms with Crippen molar-refractivity contribution in [2.24, 2.45) is 5.11 Å². The van der Waals surface area contributed by atoms with Crippen molar-refractivity contribution in [2.75, 3.05) is 13.1 Å². The van der Waals surface area contributed by atoms with Crippen molar-refractivity contribution >= 4 is 5.97 Å². The van der Waals surface area contributed by atoms with Crippen LogP contribution in [0.4, 0.5) is 0 Å². The summed E-state index contributed by atoms with van der Waals surface area (Å²) in [4.78, 5) is 21.8. The zero-order chi connectivity index (χ0) is 13.4. The standard InChI is InChI=1S/C10H14N6O2/c1-10(9(17)18,8-7-12-5-6-13-8)14-3-2-4-15-16-11/h5-7,14H,2-4H2,1H3,(H,17,18). The minimum Gasteiger partial charge on any atom is -0.480 e. The predicted molar refractivity (Wildman–Crippen MR) is 63.7 cm³/mol. The maximum atomic E-state index is 11.3. The molecular weight excluding hydrogens is 236 g/mol. The molecule has 18 heavy (non-hydrogen) atoms. The van der Waals surface area contributed by atoms with Gasteiger partial charge in [0, 0.05) is 23.9 Å². The highest BCUT2D eigenvalue weighted by atomic mass is 16.4. The molecule has 1 aromatic rings. The second-order valence-corrected chi connectivity index (χ2v) is 3.76. The van der Waals surface area contributed by atoms with Crippen molar-refractivity contribution in [3.63, 3.8) is 0 Å². The molecule has 0 radical (unpaired) electrons. The highest BCUT2D eigenvalue weighted by molar-refractivity contribution is 5.79. The second kappa shape index (κ2) is 6.53. The van der Waals surface area contributed by atoms with Gasteiger partial charge in [-0.1, -0.05) is 5.11 Å². The molecule has 1 atom stereocenters. The Labute approximate surface area is 104 Å². The van der Waals surface area contributed by atoms with Crippen LogP contribution in [0.5, 0.6) is 0 Å². The number of nitrogens with one attached hydrogen (secondary N) is 1. The maximum absolute atomic E-state index is 11.3. The lowest BCUT2D eigenvalue weighted by molar-refractivity contribution is -0.144. The van der Waals surface area contributed by atoms with Crippen molar-refractivity contribution in [1.29, 1.82) is 0 Å². The van der Waals surface area contributed by atoms with E-state index in [4.69, 9.17) is 5.53 Å². The molecular formula is C10H14N6O2. The predicted octanol–water partition coefficient (Wildman–Crippen LogP) is 1.07. The Morgan fingerprint density at radius 1 is 1.67 bits per heavy atom. The van der Waals surface area contributed by atoms with Gasteiger partial charge in [-0.3, -0.25) is 15.3 Å². The van der Waals surface area contributed by atoms with Gasteiger partial charge in [0.05, 0.1) is 11.9 Å². The van der Waals surface area contributed by atoms with Crippen molar-refractivity contribution in [3.8, 4) is 0 Å². The molecule has 1 rings (SSSR count). The van der Waals surface area contributed by atoms with E-state index in [1.165, 1.54) is 25.5 Å². The average Bonchev–Trinajstić information content (AvgIpc) is 2.39. The highest BCUT2D eigenvalue weighted by Crippen LogP contribution is 2.17. The van der Waals surface area contributed by atoms with Crippen LogP contribution < -0.4 is 5.32 Å². The summed E-state index contributed by atoms with van der Waals surface area (Å²) in [7, 11) is 0. The van der Waals surface area contributed by atoms with Crippen LogP contribution in [0.2, 0.25) is 0 Å². The minimum atomic E-state index is -1.30. The van der Waals surface area contributed by atoms with Crippen LogP contribution in [0.15, 0.2) is 23.7 Å². The van der Waals surface area contributed by atoms with E-state index < -0.39 is 11.5 Å². The van der Waals surface area contributed by atoms with Crippen LogP contribution in [-0.4, -0.2) is 34.1 Å². The Balaban J connectivity index is 2.70. The monoisotopic (exact) mass is 250 g/mol. The topological polar surface area (TPSA) is 124 Å². The normalized spacial score (nSPS) is 13.4. The van der Waals surface area contributed by atoms with Gasteiger partial charge in [0.25, 0.3) is 0 Å². The summed E-state index contributed by atoms with van der Waals surface area (Å²) < 4.78 is 0. The third-order valence-corrected chi connectivity index (χ3v) is 2.48. The number of aromatic nitrogens is 2. The van der Waals surface area contributed by atoms with Crippen molar-refractivity contribution in [2.45, 2.75) is 18.9 Å². The first-order valence-electron chi connectivity index (χ1n) is 5.37. The van der Waals surface area contributed by atoms with Gasteiger partial charge < -0.3 is 5.11 Å². The summed E-state index contributed by atoms with van der Waals surface area (Å²) in [6.45, 7) is 2.24. The fraction of sp³-hybridized carbons (Fsp3) is 0.500. The van der Waals surface area contributed by atoms with Crippen LogP contribution in [-0.2, 0) is 10.3 Å². The summed E-state index contributed by atoms with van der Waals surface area (Å²) in [5.74, 6) is -1.04. The molecule has 0 aliphatic rings. The molecule has 0 aliphatic heterocycles. The molecule has 0 aromatic carbocycles. The number of nitrogens with zero attached hydrogens (tertiary/aromatic N) is 5. The minimum absolute atomic E-state index is 0.319. The van der Waals surface area contributed by atoms with Crippen LogP contribution in [0.25, 0.3) is 10.4 Å². The Bertz CT molecular complexity index is 445. The van der Waals surface area contributed by atoms with E-state index in [0.717, 1.165) is 0 Å². The molecule has 0 fully saturated rings. The first kappa shape index (κ1) is 13.9. The third kappa shape index (κ3) is 3.41. The molecule has 0 spiro atoms. The summed E-state index contributed by atoms with van der Waals surface area (Å²) in [5.41, 5.74) is 7.15. The molecule has 0 aliphatic carbocycles. The van der Waals surface area contributed by atoms with Gasteiger partial charge in [-0.25, -0.2) is 4.79 Å². The van der Waals surface area contributed by atoms with Gasteiger partial charge in [-0.2, -0.15) is 0 Å². The molecule has 96 valence electrons. The van der Waals surface area contributed by atoms with E-state index in [2.05, 4.69) is 25.3 Å². The number of carboxylic acids is 1. The lowest BCUT2D eigenvalue weighted by Crippen LogP contribution is -2.47. The van der Waals surface area contributed by atoms with Gasteiger partial charge in [0.1, 0.15) is 0 Å². The third-order valence-electron chi connectivity index (χ3n) is 2.48. The van der Waals surface area contributed by atoms with Gasteiger partial charge >= 0.3 is 5.97 Å². The lowest BCUT2D eigenvalue weighted by Gasteiger charge is -2.25. The Hall–Kier alpha value is -2.18. The van der Waals surface area contributed by atoms with E-state index in [1.807, 2.05) is 0 Å². The van der Waals surface area contributed by atoms with Gasteiger partial charge in [0.2, 0.25) is 0 Å². The van der Waals surface area contributed by atoms with Crippen LogP contribution in [0, 0.1) is 0 Å². The molecule has 8 heteroatoms. The number of hydrogen-bond acceptors (Lipinski definition) is 5. The fourth-order valence-corrected chi connectivity index (χ4v) is 1.37. The number of carbonyl (C=O) groups is 1.